The molecular weight excluding hydrogens is 234 g/mol. The summed E-state index contributed by atoms with van der Waals surface area (Å²) < 4.78 is 0. The molecule has 1 aromatic heterocycles. The van der Waals surface area contributed by atoms with Crippen molar-refractivity contribution in [3.05, 3.63) is 21.9 Å². The molecular formula is C13H19NO2S. The summed E-state index contributed by atoms with van der Waals surface area (Å²) in [5.41, 5.74) is 0.753. The first-order valence-corrected chi connectivity index (χ1v) is 6.82. The van der Waals surface area contributed by atoms with Gasteiger partial charge in [0.25, 0.3) is 0 Å². The van der Waals surface area contributed by atoms with E-state index in [2.05, 4.69) is 0 Å². The highest BCUT2D eigenvalue weighted by atomic mass is 32.1. The van der Waals surface area contributed by atoms with Crippen molar-refractivity contribution in [2.45, 2.75) is 45.3 Å². The van der Waals surface area contributed by atoms with Gasteiger partial charge in [0.1, 0.15) is 0 Å². The van der Waals surface area contributed by atoms with Crippen LogP contribution in [0.2, 0.25) is 0 Å². The molecule has 1 N–H and O–H groups in total. The Morgan fingerprint density at radius 2 is 2.35 bits per heavy atom. The number of amides is 1. The summed E-state index contributed by atoms with van der Waals surface area (Å²) in [5, 5.41) is 11.9. The van der Waals surface area contributed by atoms with E-state index in [-0.39, 0.29) is 5.91 Å². The summed E-state index contributed by atoms with van der Waals surface area (Å²) in [6, 6.07) is 2.04. The Labute approximate surface area is 106 Å². The first kappa shape index (κ1) is 12.6. The van der Waals surface area contributed by atoms with Gasteiger partial charge >= 0.3 is 0 Å². The molecule has 0 aromatic carbocycles. The Morgan fingerprint density at radius 1 is 1.65 bits per heavy atom. The molecule has 1 amide bonds. The number of aryl methyl sites for hydroxylation is 1. The molecule has 3 nitrogen and oxygen atoms in total. The third kappa shape index (κ3) is 2.24. The number of thiophene rings is 1. The molecule has 1 unspecified atom stereocenters. The Kier molecular flexibility index (Phi) is 3.27. The number of hydrogen-bond acceptors (Lipinski definition) is 3. The van der Waals surface area contributed by atoms with Crippen LogP contribution in [0.4, 0.5) is 0 Å². The molecule has 17 heavy (non-hydrogen) atoms. The number of likely N-dealkylation sites (tertiary alicyclic amines) is 1. The third-order valence-corrected chi connectivity index (χ3v) is 4.74. The van der Waals surface area contributed by atoms with E-state index >= 15 is 0 Å². The molecule has 4 heteroatoms. The van der Waals surface area contributed by atoms with Crippen LogP contribution in [0.25, 0.3) is 0 Å². The average Bonchev–Trinajstić information content (AvgIpc) is 2.74. The van der Waals surface area contributed by atoms with E-state index in [0.29, 0.717) is 19.4 Å². The van der Waals surface area contributed by atoms with E-state index < -0.39 is 11.6 Å². The molecule has 2 rings (SSSR count). The number of aliphatic hydroxyl groups excluding tert-OH is 1. The van der Waals surface area contributed by atoms with E-state index in [1.54, 1.807) is 11.3 Å². The minimum Gasteiger partial charge on any atom is -0.391 e. The highest BCUT2D eigenvalue weighted by molar-refractivity contribution is 7.10. The van der Waals surface area contributed by atoms with Gasteiger partial charge in [0.05, 0.1) is 18.1 Å². The molecule has 1 saturated heterocycles. The minimum atomic E-state index is -0.428. The first-order chi connectivity index (χ1) is 7.93. The van der Waals surface area contributed by atoms with Gasteiger partial charge in [-0.1, -0.05) is 0 Å². The van der Waals surface area contributed by atoms with Crippen molar-refractivity contribution in [1.29, 1.82) is 0 Å². The SMILES string of the molecule is Cc1ccsc1CC(=O)N1CCC(O)C1(C)C. The van der Waals surface area contributed by atoms with E-state index in [4.69, 9.17) is 0 Å². The molecule has 1 aromatic rings. The lowest BCUT2D eigenvalue weighted by Crippen LogP contribution is -2.48. The number of nitrogens with zero attached hydrogens (tertiary/aromatic N) is 1. The predicted molar refractivity (Wildman–Crippen MR) is 69.2 cm³/mol. The van der Waals surface area contributed by atoms with Gasteiger partial charge in [-0.15, -0.1) is 11.3 Å². The maximum absolute atomic E-state index is 12.2. The van der Waals surface area contributed by atoms with E-state index in [1.165, 1.54) is 5.56 Å². The van der Waals surface area contributed by atoms with Gasteiger partial charge in [-0.3, -0.25) is 4.79 Å². The number of carbonyl (C=O) groups excluding carboxylic acids is 1. The number of carbonyl (C=O) groups is 1. The van der Waals surface area contributed by atoms with Gasteiger partial charge in [-0.25, -0.2) is 0 Å². The lowest BCUT2D eigenvalue weighted by atomic mass is 9.98. The van der Waals surface area contributed by atoms with Crippen LogP contribution in [0.15, 0.2) is 11.4 Å². The van der Waals surface area contributed by atoms with Crippen LogP contribution in [0, 0.1) is 6.92 Å². The fourth-order valence-electron chi connectivity index (χ4n) is 2.34. The van der Waals surface area contributed by atoms with Crippen LogP contribution in [-0.2, 0) is 11.2 Å². The van der Waals surface area contributed by atoms with Crippen LogP contribution in [0.3, 0.4) is 0 Å². The van der Waals surface area contributed by atoms with Crippen LogP contribution >= 0.6 is 11.3 Å². The van der Waals surface area contributed by atoms with Crippen molar-refractivity contribution in [2.75, 3.05) is 6.54 Å². The van der Waals surface area contributed by atoms with Crippen LogP contribution in [0.1, 0.15) is 30.7 Å². The van der Waals surface area contributed by atoms with Gasteiger partial charge in [-0.2, -0.15) is 0 Å². The van der Waals surface area contributed by atoms with E-state index in [1.807, 2.05) is 37.1 Å². The molecule has 2 heterocycles. The quantitative estimate of drug-likeness (QED) is 0.875. The fraction of sp³-hybridized carbons (Fsp3) is 0.615. The van der Waals surface area contributed by atoms with Gasteiger partial charge in [0, 0.05) is 11.4 Å². The van der Waals surface area contributed by atoms with Crippen LogP contribution in [0.5, 0.6) is 0 Å². The van der Waals surface area contributed by atoms with Crippen molar-refractivity contribution < 1.29 is 9.90 Å². The molecule has 0 bridgehead atoms. The largest absolute Gasteiger partial charge is 0.391 e. The van der Waals surface area contributed by atoms with Crippen molar-refractivity contribution in [2.24, 2.45) is 0 Å². The van der Waals surface area contributed by atoms with Crippen molar-refractivity contribution in [1.82, 2.24) is 4.90 Å². The number of rotatable bonds is 2. The monoisotopic (exact) mass is 253 g/mol. The average molecular weight is 253 g/mol. The molecule has 0 aliphatic carbocycles. The molecule has 1 aliphatic rings. The Hall–Kier alpha value is -0.870. The molecule has 1 atom stereocenters. The van der Waals surface area contributed by atoms with Crippen LogP contribution in [-0.4, -0.2) is 34.1 Å². The zero-order chi connectivity index (χ0) is 12.6. The smallest absolute Gasteiger partial charge is 0.228 e. The molecule has 0 spiro atoms. The summed E-state index contributed by atoms with van der Waals surface area (Å²) in [6.07, 6.45) is 0.734. The van der Waals surface area contributed by atoms with Crippen molar-refractivity contribution in [3.63, 3.8) is 0 Å². The fourth-order valence-corrected chi connectivity index (χ4v) is 3.23. The van der Waals surface area contributed by atoms with E-state index in [9.17, 15) is 9.90 Å². The molecule has 0 saturated carbocycles. The lowest BCUT2D eigenvalue weighted by molar-refractivity contribution is -0.135. The maximum Gasteiger partial charge on any atom is 0.228 e. The van der Waals surface area contributed by atoms with Crippen LogP contribution < -0.4 is 0 Å². The standard InChI is InChI=1S/C13H19NO2S/c1-9-5-7-17-10(9)8-12(16)14-6-4-11(15)13(14,2)3/h5,7,11,15H,4,6,8H2,1-3H3. The highest BCUT2D eigenvalue weighted by Gasteiger charge is 2.42. The zero-order valence-electron chi connectivity index (χ0n) is 10.6. The summed E-state index contributed by atoms with van der Waals surface area (Å²) in [5.74, 6) is 0.122. The summed E-state index contributed by atoms with van der Waals surface area (Å²) in [6.45, 7) is 6.56. The first-order valence-electron chi connectivity index (χ1n) is 5.94. The second-order valence-corrected chi connectivity index (χ2v) is 6.21. The summed E-state index contributed by atoms with van der Waals surface area (Å²) >= 11 is 1.63. The van der Waals surface area contributed by atoms with Gasteiger partial charge < -0.3 is 10.0 Å². The Bertz CT molecular complexity index is 425. The maximum atomic E-state index is 12.2. The topological polar surface area (TPSA) is 40.5 Å². The summed E-state index contributed by atoms with van der Waals surface area (Å²) in [7, 11) is 0. The highest BCUT2D eigenvalue weighted by Crippen LogP contribution is 2.30. The Morgan fingerprint density at radius 3 is 2.82 bits per heavy atom. The zero-order valence-corrected chi connectivity index (χ0v) is 11.4. The number of aliphatic hydroxyl groups is 1. The molecule has 0 radical (unpaired) electrons. The second-order valence-electron chi connectivity index (χ2n) is 5.21. The normalized spacial score (nSPS) is 23.1. The second kappa shape index (κ2) is 4.42. The van der Waals surface area contributed by atoms with Gasteiger partial charge in [0.15, 0.2) is 0 Å². The molecule has 1 fully saturated rings. The van der Waals surface area contributed by atoms with Crippen molar-refractivity contribution in [3.8, 4) is 0 Å². The molecule has 1 aliphatic heterocycles. The van der Waals surface area contributed by atoms with Gasteiger partial charge in [0.2, 0.25) is 5.91 Å². The van der Waals surface area contributed by atoms with Crippen molar-refractivity contribution >= 4 is 17.2 Å². The number of hydrogen-bond donors (Lipinski definition) is 1. The predicted octanol–water partition coefficient (Wildman–Crippen LogP) is 1.97. The Balaban J connectivity index is 2.09. The lowest BCUT2D eigenvalue weighted by Gasteiger charge is -2.33. The third-order valence-electron chi connectivity index (χ3n) is 3.72. The van der Waals surface area contributed by atoms with E-state index in [0.717, 1.165) is 4.88 Å². The molecule has 94 valence electrons. The summed E-state index contributed by atoms with van der Waals surface area (Å²) in [4.78, 5) is 15.2. The van der Waals surface area contributed by atoms with Gasteiger partial charge in [-0.05, 0) is 44.2 Å². The minimum absolute atomic E-state index is 0.122.